The van der Waals surface area contributed by atoms with Crippen LogP contribution in [-0.2, 0) is 4.79 Å². The number of pyridine rings is 1. The highest BCUT2D eigenvalue weighted by molar-refractivity contribution is 5.92. The summed E-state index contributed by atoms with van der Waals surface area (Å²) in [5, 5.41) is 0. The van der Waals surface area contributed by atoms with E-state index in [1.165, 1.54) is 18.2 Å². The van der Waals surface area contributed by atoms with Crippen LogP contribution in [0.5, 0.6) is 0 Å². The highest BCUT2D eigenvalue weighted by Crippen LogP contribution is 2.23. The number of allylic oxidation sites excluding steroid dienone is 1. The maximum absolute atomic E-state index is 12.9. The van der Waals surface area contributed by atoms with Crippen LogP contribution in [0.2, 0.25) is 0 Å². The van der Waals surface area contributed by atoms with Gasteiger partial charge in [-0.15, -0.1) is 0 Å². The average Bonchev–Trinajstić information content (AvgIpc) is 2.67. The number of benzene rings is 1. The molecule has 1 amide bonds. The quantitative estimate of drug-likeness (QED) is 0.634. The summed E-state index contributed by atoms with van der Waals surface area (Å²) in [4.78, 5) is 30.8. The predicted molar refractivity (Wildman–Crippen MR) is 93.9 cm³/mol. The fourth-order valence-electron chi connectivity index (χ4n) is 2.87. The third-order valence-corrected chi connectivity index (χ3v) is 4.15. The molecule has 0 bridgehead atoms. The molecule has 2 aromatic rings. The van der Waals surface area contributed by atoms with Gasteiger partial charge in [0, 0.05) is 31.9 Å². The van der Waals surface area contributed by atoms with E-state index in [0.717, 1.165) is 23.7 Å². The second-order valence-corrected chi connectivity index (χ2v) is 5.69. The number of anilines is 1. The Balaban J connectivity index is 1.68. The summed E-state index contributed by atoms with van der Waals surface area (Å²) in [6.45, 7) is 2.48. The number of piperazine rings is 1. The standard InChI is InChI=1S/C19H18FN3O2/c20-16-7-8-17(21-14-16)19(25)23-11-9-22(10-12-23)18-6-2-1-4-15(18)5-3-13-24/h1-8,13-14H,9-12H2/b5-3+. The van der Waals surface area contributed by atoms with Crippen LogP contribution in [-0.4, -0.2) is 48.3 Å². The van der Waals surface area contributed by atoms with E-state index in [9.17, 15) is 14.0 Å². The van der Waals surface area contributed by atoms with Gasteiger partial charge in [-0.1, -0.05) is 18.2 Å². The zero-order valence-electron chi connectivity index (χ0n) is 13.6. The fraction of sp³-hybridized carbons (Fsp3) is 0.211. The number of aldehydes is 1. The van der Waals surface area contributed by atoms with Gasteiger partial charge >= 0.3 is 0 Å². The van der Waals surface area contributed by atoms with Crippen LogP contribution in [0.25, 0.3) is 6.08 Å². The monoisotopic (exact) mass is 339 g/mol. The number of para-hydroxylation sites is 1. The van der Waals surface area contributed by atoms with Gasteiger partial charge in [-0.05, 0) is 35.9 Å². The van der Waals surface area contributed by atoms with E-state index in [4.69, 9.17) is 0 Å². The Morgan fingerprint density at radius 3 is 2.52 bits per heavy atom. The lowest BCUT2D eigenvalue weighted by Gasteiger charge is -2.36. The second kappa shape index (κ2) is 7.70. The average molecular weight is 339 g/mol. The lowest BCUT2D eigenvalue weighted by Crippen LogP contribution is -2.49. The minimum atomic E-state index is -0.457. The number of nitrogens with zero attached hydrogens (tertiary/aromatic N) is 3. The number of carbonyl (C=O) groups excluding carboxylic acids is 2. The predicted octanol–water partition coefficient (Wildman–Crippen LogP) is 2.40. The van der Waals surface area contributed by atoms with Gasteiger partial charge in [-0.3, -0.25) is 9.59 Å². The summed E-state index contributed by atoms with van der Waals surface area (Å²) in [6.07, 6.45) is 5.06. The van der Waals surface area contributed by atoms with Crippen molar-refractivity contribution in [2.45, 2.75) is 0 Å². The van der Waals surface area contributed by atoms with E-state index in [2.05, 4.69) is 9.88 Å². The number of amides is 1. The molecule has 1 saturated heterocycles. The molecule has 1 fully saturated rings. The Labute approximate surface area is 145 Å². The summed E-state index contributed by atoms with van der Waals surface area (Å²) in [6, 6.07) is 10.5. The number of hydrogen-bond acceptors (Lipinski definition) is 4. The first-order valence-corrected chi connectivity index (χ1v) is 8.05. The summed E-state index contributed by atoms with van der Waals surface area (Å²) >= 11 is 0. The maximum atomic E-state index is 12.9. The molecule has 5 nitrogen and oxygen atoms in total. The van der Waals surface area contributed by atoms with E-state index in [0.29, 0.717) is 26.2 Å². The molecule has 128 valence electrons. The molecule has 0 spiro atoms. The topological polar surface area (TPSA) is 53.5 Å². The van der Waals surface area contributed by atoms with E-state index < -0.39 is 5.82 Å². The highest BCUT2D eigenvalue weighted by atomic mass is 19.1. The molecule has 2 heterocycles. The van der Waals surface area contributed by atoms with E-state index >= 15 is 0 Å². The minimum Gasteiger partial charge on any atom is -0.367 e. The summed E-state index contributed by atoms with van der Waals surface area (Å²) in [5.74, 6) is -0.643. The van der Waals surface area contributed by atoms with Gasteiger partial charge < -0.3 is 9.80 Å². The van der Waals surface area contributed by atoms with E-state index in [1.807, 2.05) is 24.3 Å². The van der Waals surface area contributed by atoms with Gasteiger partial charge in [-0.25, -0.2) is 9.37 Å². The van der Waals surface area contributed by atoms with Crippen molar-refractivity contribution in [2.75, 3.05) is 31.1 Å². The molecular formula is C19H18FN3O2. The fourth-order valence-corrected chi connectivity index (χ4v) is 2.87. The highest BCUT2D eigenvalue weighted by Gasteiger charge is 2.23. The Morgan fingerprint density at radius 2 is 1.84 bits per heavy atom. The number of halogens is 1. The number of carbonyl (C=O) groups is 2. The Kier molecular flexibility index (Phi) is 5.18. The molecule has 1 aromatic heterocycles. The third-order valence-electron chi connectivity index (χ3n) is 4.15. The molecule has 1 aliphatic rings. The van der Waals surface area contributed by atoms with Crippen molar-refractivity contribution in [3.63, 3.8) is 0 Å². The van der Waals surface area contributed by atoms with Crippen molar-refractivity contribution in [3.05, 3.63) is 65.7 Å². The molecule has 0 N–H and O–H groups in total. The van der Waals surface area contributed by atoms with Crippen LogP contribution in [0.4, 0.5) is 10.1 Å². The number of hydrogen-bond donors (Lipinski definition) is 0. The molecular weight excluding hydrogens is 321 g/mol. The lowest BCUT2D eigenvalue weighted by atomic mass is 10.1. The Morgan fingerprint density at radius 1 is 1.08 bits per heavy atom. The first-order valence-electron chi connectivity index (χ1n) is 8.05. The molecule has 1 aliphatic heterocycles. The second-order valence-electron chi connectivity index (χ2n) is 5.69. The van der Waals surface area contributed by atoms with Gasteiger partial charge in [0.05, 0.1) is 6.20 Å². The maximum Gasteiger partial charge on any atom is 0.272 e. The van der Waals surface area contributed by atoms with Crippen molar-refractivity contribution in [1.29, 1.82) is 0 Å². The number of aromatic nitrogens is 1. The molecule has 3 rings (SSSR count). The van der Waals surface area contributed by atoms with Crippen molar-refractivity contribution in [1.82, 2.24) is 9.88 Å². The molecule has 0 radical (unpaired) electrons. The summed E-state index contributed by atoms with van der Waals surface area (Å²) < 4.78 is 12.9. The largest absolute Gasteiger partial charge is 0.367 e. The van der Waals surface area contributed by atoms with Gasteiger partial charge in [0.2, 0.25) is 0 Å². The first kappa shape index (κ1) is 16.8. The SMILES string of the molecule is O=C/C=C/c1ccccc1N1CCN(C(=O)c2ccc(F)cn2)CC1. The number of rotatable bonds is 4. The van der Waals surface area contributed by atoms with Gasteiger partial charge in [-0.2, -0.15) is 0 Å². The van der Waals surface area contributed by atoms with E-state index in [1.54, 1.807) is 11.0 Å². The third kappa shape index (κ3) is 3.91. The Hall–Kier alpha value is -3.02. The molecule has 0 saturated carbocycles. The first-order chi connectivity index (χ1) is 12.2. The van der Waals surface area contributed by atoms with Crippen molar-refractivity contribution in [3.8, 4) is 0 Å². The van der Waals surface area contributed by atoms with Crippen LogP contribution in [0.1, 0.15) is 16.1 Å². The lowest BCUT2D eigenvalue weighted by molar-refractivity contribution is -0.104. The Bertz CT molecular complexity index is 782. The molecule has 1 aromatic carbocycles. The zero-order valence-corrected chi connectivity index (χ0v) is 13.6. The van der Waals surface area contributed by atoms with Crippen LogP contribution in [0, 0.1) is 5.82 Å². The molecule has 0 unspecified atom stereocenters. The van der Waals surface area contributed by atoms with Gasteiger partial charge in [0.1, 0.15) is 17.8 Å². The van der Waals surface area contributed by atoms with Gasteiger partial charge in [0.15, 0.2) is 0 Å². The van der Waals surface area contributed by atoms with Crippen LogP contribution < -0.4 is 4.90 Å². The summed E-state index contributed by atoms with van der Waals surface area (Å²) in [5.41, 5.74) is 2.26. The van der Waals surface area contributed by atoms with Gasteiger partial charge in [0.25, 0.3) is 5.91 Å². The molecule has 0 aliphatic carbocycles. The van der Waals surface area contributed by atoms with Crippen molar-refractivity contribution < 1.29 is 14.0 Å². The van der Waals surface area contributed by atoms with Crippen molar-refractivity contribution >= 4 is 24.0 Å². The van der Waals surface area contributed by atoms with Crippen LogP contribution in [0.15, 0.2) is 48.7 Å². The molecule has 25 heavy (non-hydrogen) atoms. The zero-order chi connectivity index (χ0) is 17.6. The van der Waals surface area contributed by atoms with Crippen molar-refractivity contribution in [2.24, 2.45) is 0 Å². The smallest absolute Gasteiger partial charge is 0.272 e. The normalized spacial score (nSPS) is 14.8. The van der Waals surface area contributed by atoms with E-state index in [-0.39, 0.29) is 11.6 Å². The van der Waals surface area contributed by atoms with Crippen LogP contribution in [0.3, 0.4) is 0 Å². The minimum absolute atomic E-state index is 0.186. The molecule has 6 heteroatoms. The van der Waals surface area contributed by atoms with Crippen LogP contribution >= 0.6 is 0 Å². The summed E-state index contributed by atoms with van der Waals surface area (Å²) in [7, 11) is 0. The molecule has 0 atom stereocenters.